The lowest BCUT2D eigenvalue weighted by Gasteiger charge is -2.09. The van der Waals surface area contributed by atoms with E-state index in [2.05, 4.69) is 38.9 Å². The van der Waals surface area contributed by atoms with Crippen molar-refractivity contribution in [3.05, 3.63) is 10.9 Å². The lowest BCUT2D eigenvalue weighted by Crippen LogP contribution is -2.29. The van der Waals surface area contributed by atoms with Crippen LogP contribution in [0.3, 0.4) is 0 Å². The molecule has 6 nitrogen and oxygen atoms in total. The van der Waals surface area contributed by atoms with Gasteiger partial charge in [0.25, 0.3) is 0 Å². The number of hydrogen-bond donors (Lipinski definition) is 3. The quantitative estimate of drug-likeness (QED) is 0.731. The van der Waals surface area contributed by atoms with Crippen LogP contribution in [0.2, 0.25) is 0 Å². The number of likely N-dealkylation sites (N-methyl/N-ethyl adjacent to an activating group) is 1. The van der Waals surface area contributed by atoms with E-state index in [1.54, 1.807) is 11.3 Å². The Balaban J connectivity index is 2.29. The summed E-state index contributed by atoms with van der Waals surface area (Å²) in [6.45, 7) is 7.61. The standard InChI is InChI=1S/C14H21N5OS/c1-4-9-7-10-12(17-8-11(20)15-5-2)18-14(16-6-3)19-13(10)21-9/h7H,4-6,8H2,1-3H3,(H,15,20)(H2,16,17,18,19). The minimum absolute atomic E-state index is 0.0415. The predicted octanol–water partition coefficient (Wildman–Crippen LogP) is 2.23. The van der Waals surface area contributed by atoms with Crippen LogP contribution < -0.4 is 16.0 Å². The lowest BCUT2D eigenvalue weighted by atomic mass is 10.3. The summed E-state index contributed by atoms with van der Waals surface area (Å²) in [5, 5.41) is 9.97. The first-order valence-corrected chi connectivity index (χ1v) is 8.04. The zero-order chi connectivity index (χ0) is 15.2. The Morgan fingerprint density at radius 2 is 2.00 bits per heavy atom. The number of carbonyl (C=O) groups excluding carboxylic acids is 1. The van der Waals surface area contributed by atoms with Crippen molar-refractivity contribution in [3.8, 4) is 0 Å². The zero-order valence-corrected chi connectivity index (χ0v) is 13.4. The number of anilines is 2. The van der Waals surface area contributed by atoms with Crippen LogP contribution in [-0.2, 0) is 11.2 Å². The van der Waals surface area contributed by atoms with Gasteiger partial charge >= 0.3 is 0 Å². The van der Waals surface area contributed by atoms with Crippen LogP contribution in [0.25, 0.3) is 10.2 Å². The fourth-order valence-electron chi connectivity index (χ4n) is 1.94. The van der Waals surface area contributed by atoms with Gasteiger partial charge in [-0.2, -0.15) is 4.98 Å². The van der Waals surface area contributed by atoms with E-state index in [1.165, 1.54) is 4.88 Å². The zero-order valence-electron chi connectivity index (χ0n) is 12.6. The Labute approximate surface area is 128 Å². The Morgan fingerprint density at radius 1 is 1.19 bits per heavy atom. The van der Waals surface area contributed by atoms with Gasteiger partial charge in [-0.15, -0.1) is 11.3 Å². The smallest absolute Gasteiger partial charge is 0.239 e. The van der Waals surface area contributed by atoms with E-state index in [1.807, 2.05) is 13.8 Å². The van der Waals surface area contributed by atoms with E-state index in [0.717, 1.165) is 23.2 Å². The minimum Gasteiger partial charge on any atom is -0.360 e. The number of nitrogens with zero attached hydrogens (tertiary/aromatic N) is 2. The van der Waals surface area contributed by atoms with Gasteiger partial charge < -0.3 is 16.0 Å². The largest absolute Gasteiger partial charge is 0.360 e. The molecule has 0 saturated carbocycles. The van der Waals surface area contributed by atoms with E-state index < -0.39 is 0 Å². The lowest BCUT2D eigenvalue weighted by molar-refractivity contribution is -0.119. The summed E-state index contributed by atoms with van der Waals surface area (Å²) in [5.41, 5.74) is 0. The molecule has 0 radical (unpaired) electrons. The van der Waals surface area contributed by atoms with Crippen LogP contribution in [0.4, 0.5) is 11.8 Å². The summed E-state index contributed by atoms with van der Waals surface area (Å²) in [7, 11) is 0. The molecule has 2 aromatic heterocycles. The van der Waals surface area contributed by atoms with Crippen molar-refractivity contribution in [2.24, 2.45) is 0 Å². The highest BCUT2D eigenvalue weighted by Gasteiger charge is 2.12. The number of rotatable bonds is 7. The molecule has 7 heteroatoms. The molecule has 0 unspecified atom stereocenters. The van der Waals surface area contributed by atoms with Crippen LogP contribution >= 0.6 is 11.3 Å². The van der Waals surface area contributed by atoms with Gasteiger partial charge in [0, 0.05) is 18.0 Å². The number of carbonyl (C=O) groups is 1. The molecule has 0 aliphatic carbocycles. The summed E-state index contributed by atoms with van der Waals surface area (Å²) in [6.07, 6.45) is 0.966. The molecule has 2 heterocycles. The first-order chi connectivity index (χ1) is 10.2. The second-order valence-corrected chi connectivity index (χ2v) is 5.63. The van der Waals surface area contributed by atoms with Gasteiger partial charge in [0.05, 0.1) is 11.9 Å². The normalized spacial score (nSPS) is 10.6. The molecule has 0 aliphatic rings. The van der Waals surface area contributed by atoms with E-state index in [0.29, 0.717) is 18.3 Å². The molecule has 21 heavy (non-hydrogen) atoms. The molecule has 0 aromatic carbocycles. The van der Waals surface area contributed by atoms with Crippen LogP contribution in [-0.4, -0.2) is 35.5 Å². The van der Waals surface area contributed by atoms with Crippen LogP contribution in [0.1, 0.15) is 25.6 Å². The molecule has 0 fully saturated rings. The van der Waals surface area contributed by atoms with Gasteiger partial charge in [-0.25, -0.2) is 4.98 Å². The molecule has 0 saturated heterocycles. The fourth-order valence-corrected chi connectivity index (χ4v) is 2.91. The molecular formula is C14H21N5OS. The maximum Gasteiger partial charge on any atom is 0.239 e. The molecule has 0 spiro atoms. The number of amides is 1. The maximum absolute atomic E-state index is 11.6. The third-order valence-corrected chi connectivity index (χ3v) is 4.09. The molecular weight excluding hydrogens is 286 g/mol. The van der Waals surface area contributed by atoms with Gasteiger partial charge in [0.1, 0.15) is 10.6 Å². The van der Waals surface area contributed by atoms with Crippen molar-refractivity contribution in [1.82, 2.24) is 15.3 Å². The molecule has 1 amide bonds. The molecule has 2 rings (SSSR count). The van der Waals surface area contributed by atoms with Gasteiger partial charge in [0.15, 0.2) is 0 Å². The highest BCUT2D eigenvalue weighted by Crippen LogP contribution is 2.30. The van der Waals surface area contributed by atoms with Crippen LogP contribution in [0.5, 0.6) is 0 Å². The third-order valence-electron chi connectivity index (χ3n) is 2.92. The summed E-state index contributed by atoms with van der Waals surface area (Å²) >= 11 is 1.66. The Hall–Kier alpha value is -1.89. The number of fused-ring (bicyclic) bond motifs is 1. The summed E-state index contributed by atoms with van der Waals surface area (Å²) in [5.74, 6) is 1.26. The van der Waals surface area contributed by atoms with E-state index in [4.69, 9.17) is 0 Å². The summed E-state index contributed by atoms with van der Waals surface area (Å²) < 4.78 is 0. The topological polar surface area (TPSA) is 78.9 Å². The van der Waals surface area contributed by atoms with Crippen molar-refractivity contribution in [3.63, 3.8) is 0 Å². The van der Waals surface area contributed by atoms with Crippen molar-refractivity contribution in [2.75, 3.05) is 30.3 Å². The number of nitrogens with one attached hydrogen (secondary N) is 3. The Kier molecular flexibility index (Phi) is 5.32. The Morgan fingerprint density at radius 3 is 2.67 bits per heavy atom. The van der Waals surface area contributed by atoms with Crippen molar-refractivity contribution < 1.29 is 4.79 Å². The van der Waals surface area contributed by atoms with Gasteiger partial charge in [-0.1, -0.05) is 6.92 Å². The highest BCUT2D eigenvalue weighted by atomic mass is 32.1. The van der Waals surface area contributed by atoms with Crippen molar-refractivity contribution in [2.45, 2.75) is 27.2 Å². The number of thiophene rings is 1. The van der Waals surface area contributed by atoms with Gasteiger partial charge in [-0.05, 0) is 26.3 Å². The molecule has 0 atom stereocenters. The van der Waals surface area contributed by atoms with Crippen LogP contribution in [0, 0.1) is 0 Å². The number of aromatic nitrogens is 2. The average molecular weight is 307 g/mol. The molecule has 114 valence electrons. The first-order valence-electron chi connectivity index (χ1n) is 7.22. The predicted molar refractivity (Wildman–Crippen MR) is 88.1 cm³/mol. The SMILES string of the molecule is CCNC(=O)CNc1nc(NCC)nc2sc(CC)cc12. The van der Waals surface area contributed by atoms with E-state index in [9.17, 15) is 4.79 Å². The van der Waals surface area contributed by atoms with Gasteiger partial charge in [0.2, 0.25) is 11.9 Å². The first kappa shape index (κ1) is 15.5. The average Bonchev–Trinajstić information content (AvgIpc) is 2.88. The summed E-state index contributed by atoms with van der Waals surface area (Å²) in [6, 6.07) is 2.09. The third kappa shape index (κ3) is 3.81. The molecule has 2 aromatic rings. The van der Waals surface area contributed by atoms with E-state index >= 15 is 0 Å². The molecule has 0 aliphatic heterocycles. The van der Waals surface area contributed by atoms with Crippen molar-refractivity contribution >= 4 is 39.2 Å². The second kappa shape index (κ2) is 7.21. The fraction of sp³-hybridized carbons (Fsp3) is 0.500. The second-order valence-electron chi connectivity index (χ2n) is 4.52. The monoisotopic (exact) mass is 307 g/mol. The Bertz CT molecular complexity index is 625. The number of aryl methyl sites for hydroxylation is 1. The maximum atomic E-state index is 11.6. The summed E-state index contributed by atoms with van der Waals surface area (Å²) in [4.78, 5) is 22.8. The molecule has 3 N–H and O–H groups in total. The van der Waals surface area contributed by atoms with Gasteiger partial charge in [-0.3, -0.25) is 4.79 Å². The van der Waals surface area contributed by atoms with Crippen molar-refractivity contribution in [1.29, 1.82) is 0 Å². The van der Waals surface area contributed by atoms with Crippen LogP contribution in [0.15, 0.2) is 6.07 Å². The van der Waals surface area contributed by atoms with E-state index in [-0.39, 0.29) is 12.5 Å². The molecule has 0 bridgehead atoms. The highest BCUT2D eigenvalue weighted by molar-refractivity contribution is 7.18. The minimum atomic E-state index is -0.0415. The number of hydrogen-bond acceptors (Lipinski definition) is 6.